The first-order valence-electron chi connectivity index (χ1n) is 11.6. The number of fused-ring (bicyclic) bond motifs is 1. The van der Waals surface area contributed by atoms with Crippen molar-refractivity contribution in [2.45, 2.75) is 25.8 Å². The quantitative estimate of drug-likeness (QED) is 0.487. The fourth-order valence-corrected chi connectivity index (χ4v) is 4.75. The van der Waals surface area contributed by atoms with Crippen molar-refractivity contribution in [3.05, 3.63) is 34.4 Å². The van der Waals surface area contributed by atoms with E-state index in [1.165, 1.54) is 27.1 Å². The van der Waals surface area contributed by atoms with Crippen LogP contribution in [0.4, 0.5) is 11.6 Å². The molecule has 0 spiro atoms. The standard InChI is InChI=1S/C19H18Cl2N4O3.C6H11NO/c1-26-13-5-14(27-2)18(21)16(17(13)20)12-3-9-6-23-15(22)4-11(9)19(25-12)24-10-7-28-8-10;1-6(8)7-4-2-3-5-7/h3-6,10H,7-8H2,1-2H3,(H2,22,23)(H,24,25);2-5H2,1H3. The Morgan fingerprint density at radius 1 is 1.11 bits per heavy atom. The molecule has 1 amide bonds. The van der Waals surface area contributed by atoms with Gasteiger partial charge in [0.25, 0.3) is 0 Å². The van der Waals surface area contributed by atoms with E-state index in [2.05, 4.69) is 10.3 Å². The maximum Gasteiger partial charge on any atom is 0.219 e. The summed E-state index contributed by atoms with van der Waals surface area (Å²) in [5, 5.41) is 5.78. The molecule has 4 heterocycles. The molecule has 2 fully saturated rings. The molecule has 5 rings (SSSR count). The topological polar surface area (TPSA) is 112 Å². The van der Waals surface area contributed by atoms with Crippen LogP contribution in [0.2, 0.25) is 10.0 Å². The second-order valence-electron chi connectivity index (χ2n) is 8.56. The first-order chi connectivity index (χ1) is 17.3. The number of carbonyl (C=O) groups is 1. The summed E-state index contributed by atoms with van der Waals surface area (Å²) in [5.41, 5.74) is 6.96. The first kappa shape index (κ1) is 26.1. The zero-order valence-corrected chi connectivity index (χ0v) is 21.9. The molecule has 3 N–H and O–H groups in total. The van der Waals surface area contributed by atoms with Crippen LogP contribution in [0.1, 0.15) is 19.8 Å². The number of nitrogens with zero attached hydrogens (tertiary/aromatic N) is 3. The van der Waals surface area contributed by atoms with Gasteiger partial charge in [0, 0.05) is 48.6 Å². The molecule has 0 unspecified atom stereocenters. The summed E-state index contributed by atoms with van der Waals surface area (Å²) in [7, 11) is 3.06. The van der Waals surface area contributed by atoms with E-state index in [9.17, 15) is 4.79 Å². The van der Waals surface area contributed by atoms with Gasteiger partial charge in [-0.3, -0.25) is 4.79 Å². The smallest absolute Gasteiger partial charge is 0.219 e. The number of likely N-dealkylation sites (tertiary alicyclic amines) is 1. The fraction of sp³-hybridized carbons (Fsp3) is 0.400. The van der Waals surface area contributed by atoms with Crippen LogP contribution in [-0.4, -0.2) is 67.3 Å². The molecule has 2 aliphatic heterocycles. The largest absolute Gasteiger partial charge is 0.495 e. The third-order valence-electron chi connectivity index (χ3n) is 6.10. The molecular formula is C25H29Cl2N5O4. The Morgan fingerprint density at radius 3 is 2.25 bits per heavy atom. The van der Waals surface area contributed by atoms with Gasteiger partial charge in [-0.1, -0.05) is 23.2 Å². The van der Waals surface area contributed by atoms with Crippen LogP contribution in [0.5, 0.6) is 11.5 Å². The number of nitrogens with two attached hydrogens (primary N) is 1. The lowest BCUT2D eigenvalue weighted by atomic mass is 10.1. The van der Waals surface area contributed by atoms with Gasteiger partial charge in [0.2, 0.25) is 5.91 Å². The molecule has 0 radical (unpaired) electrons. The van der Waals surface area contributed by atoms with Crippen LogP contribution < -0.4 is 20.5 Å². The summed E-state index contributed by atoms with van der Waals surface area (Å²) in [4.78, 5) is 21.4. The normalized spacial score (nSPS) is 15.2. The van der Waals surface area contributed by atoms with E-state index < -0.39 is 0 Å². The van der Waals surface area contributed by atoms with Gasteiger partial charge >= 0.3 is 0 Å². The van der Waals surface area contributed by atoms with Gasteiger partial charge in [0.1, 0.15) is 23.1 Å². The van der Waals surface area contributed by atoms with Crippen molar-refractivity contribution >= 4 is 51.5 Å². The number of ether oxygens (including phenoxy) is 3. The Labute approximate surface area is 219 Å². The van der Waals surface area contributed by atoms with Crippen molar-refractivity contribution in [2.24, 2.45) is 0 Å². The lowest BCUT2D eigenvalue weighted by Crippen LogP contribution is -2.40. The minimum absolute atomic E-state index is 0.172. The molecule has 11 heteroatoms. The molecule has 2 aromatic heterocycles. The molecule has 1 aromatic carbocycles. The minimum atomic E-state index is 0.172. The van der Waals surface area contributed by atoms with Crippen molar-refractivity contribution in [2.75, 3.05) is 51.6 Å². The Morgan fingerprint density at radius 2 is 1.75 bits per heavy atom. The monoisotopic (exact) mass is 533 g/mol. The van der Waals surface area contributed by atoms with Crippen LogP contribution in [0.15, 0.2) is 24.4 Å². The third kappa shape index (κ3) is 5.53. The van der Waals surface area contributed by atoms with Gasteiger partial charge in [-0.15, -0.1) is 0 Å². The van der Waals surface area contributed by atoms with Gasteiger partial charge in [0.05, 0.1) is 49.2 Å². The Balaban J connectivity index is 0.000000325. The summed E-state index contributed by atoms with van der Waals surface area (Å²) < 4.78 is 16.0. The van der Waals surface area contributed by atoms with Gasteiger partial charge in [-0.05, 0) is 25.0 Å². The first-order valence-corrected chi connectivity index (χ1v) is 12.3. The van der Waals surface area contributed by atoms with Crippen LogP contribution in [0, 0.1) is 0 Å². The number of carbonyl (C=O) groups excluding carboxylic acids is 1. The molecule has 3 aromatic rings. The van der Waals surface area contributed by atoms with E-state index in [4.69, 9.17) is 48.1 Å². The van der Waals surface area contributed by atoms with Gasteiger partial charge in [0.15, 0.2) is 0 Å². The summed E-state index contributed by atoms with van der Waals surface area (Å²) in [6.07, 6.45) is 4.08. The van der Waals surface area contributed by atoms with E-state index >= 15 is 0 Å². The Bertz CT molecular complexity index is 1230. The second kappa shape index (κ2) is 11.4. The van der Waals surface area contributed by atoms with Crippen molar-refractivity contribution in [3.8, 4) is 22.8 Å². The van der Waals surface area contributed by atoms with Crippen molar-refractivity contribution in [1.29, 1.82) is 0 Å². The Kier molecular flexibility index (Phi) is 8.23. The van der Waals surface area contributed by atoms with Crippen molar-refractivity contribution in [3.63, 3.8) is 0 Å². The number of pyridine rings is 2. The predicted molar refractivity (Wildman–Crippen MR) is 142 cm³/mol. The number of amides is 1. The van der Waals surface area contributed by atoms with E-state index in [1.807, 2.05) is 11.0 Å². The van der Waals surface area contributed by atoms with Gasteiger partial charge in [-0.25, -0.2) is 9.97 Å². The highest BCUT2D eigenvalue weighted by molar-refractivity contribution is 6.41. The Hall–Kier alpha value is -3.01. The summed E-state index contributed by atoms with van der Waals surface area (Å²) in [6, 6.07) is 5.45. The predicted octanol–water partition coefficient (Wildman–Crippen LogP) is 4.64. The lowest BCUT2D eigenvalue weighted by molar-refractivity contribution is -0.127. The highest BCUT2D eigenvalue weighted by atomic mass is 35.5. The average Bonchev–Trinajstić information content (AvgIpc) is 3.38. The number of nitrogens with one attached hydrogen (secondary N) is 1. The number of nitrogen functional groups attached to an aromatic ring is 1. The number of benzene rings is 1. The van der Waals surface area contributed by atoms with Crippen LogP contribution in [-0.2, 0) is 9.53 Å². The molecule has 0 atom stereocenters. The van der Waals surface area contributed by atoms with E-state index in [1.54, 1.807) is 25.3 Å². The van der Waals surface area contributed by atoms with E-state index in [-0.39, 0.29) is 11.9 Å². The molecule has 0 saturated carbocycles. The molecule has 9 nitrogen and oxygen atoms in total. The summed E-state index contributed by atoms with van der Waals surface area (Å²) >= 11 is 13.1. The number of methoxy groups -OCH3 is 2. The summed E-state index contributed by atoms with van der Waals surface area (Å²) in [6.45, 7) is 4.82. The molecular weight excluding hydrogens is 505 g/mol. The third-order valence-corrected chi connectivity index (χ3v) is 6.85. The number of halogens is 2. The summed E-state index contributed by atoms with van der Waals surface area (Å²) in [5.74, 6) is 2.18. The zero-order valence-electron chi connectivity index (χ0n) is 20.4. The number of hydrogen-bond donors (Lipinski definition) is 2. The number of aromatic nitrogens is 2. The van der Waals surface area contributed by atoms with Crippen LogP contribution in [0.25, 0.3) is 22.0 Å². The van der Waals surface area contributed by atoms with Crippen LogP contribution in [0.3, 0.4) is 0 Å². The SMILES string of the molecule is CC(=O)N1CCCC1.COc1cc(OC)c(Cl)c(-c2cc3cnc(N)cc3c(NC3COC3)n2)c1Cl. The fourth-order valence-electron chi connectivity index (χ4n) is 4.06. The average molecular weight is 534 g/mol. The van der Waals surface area contributed by atoms with Crippen molar-refractivity contribution < 1.29 is 19.0 Å². The van der Waals surface area contributed by atoms with E-state index in [0.717, 1.165) is 23.9 Å². The molecule has 192 valence electrons. The maximum atomic E-state index is 10.6. The van der Waals surface area contributed by atoms with Crippen LogP contribution >= 0.6 is 23.2 Å². The highest BCUT2D eigenvalue weighted by Gasteiger charge is 2.23. The number of rotatable bonds is 5. The van der Waals surface area contributed by atoms with Gasteiger partial charge in [-0.2, -0.15) is 0 Å². The maximum absolute atomic E-state index is 10.6. The van der Waals surface area contributed by atoms with Gasteiger partial charge < -0.3 is 30.2 Å². The zero-order chi connectivity index (χ0) is 25.8. The van der Waals surface area contributed by atoms with Crippen molar-refractivity contribution in [1.82, 2.24) is 14.9 Å². The molecule has 2 aliphatic rings. The second-order valence-corrected chi connectivity index (χ2v) is 9.32. The molecule has 36 heavy (non-hydrogen) atoms. The highest BCUT2D eigenvalue weighted by Crippen LogP contribution is 2.46. The number of hydrogen-bond acceptors (Lipinski definition) is 8. The van der Waals surface area contributed by atoms with E-state index in [0.29, 0.717) is 57.7 Å². The number of anilines is 2. The molecule has 0 aliphatic carbocycles. The molecule has 2 saturated heterocycles. The lowest BCUT2D eigenvalue weighted by Gasteiger charge is -2.28. The minimum Gasteiger partial charge on any atom is -0.495 e. The molecule has 0 bridgehead atoms.